The van der Waals surface area contributed by atoms with E-state index in [1.165, 1.54) is 0 Å². The average molecular weight is 344 g/mol. The molecule has 0 heterocycles. The molecule has 0 rings (SSSR count). The molecule has 22 heavy (non-hydrogen) atoms. The van der Waals surface area contributed by atoms with Gasteiger partial charge in [0.15, 0.2) is 0 Å². The van der Waals surface area contributed by atoms with Crippen molar-refractivity contribution in [3.8, 4) is 0 Å². The van der Waals surface area contributed by atoms with E-state index in [-0.39, 0.29) is 12.4 Å². The Hall–Kier alpha value is -1.54. The number of carbonyl (C=O) groups excluding carboxylic acids is 1. The maximum Gasteiger partial charge on any atom is 0.509 e. The average Bonchev–Trinajstić information content (AvgIpc) is 2.10. The fourth-order valence-corrected chi connectivity index (χ4v) is 0.796. The zero-order valence-electron chi connectivity index (χ0n) is 13.7. The number of aliphatic carboxylic acids is 2. The number of rotatable bonds is 3. The van der Waals surface area contributed by atoms with Gasteiger partial charge >= 0.3 is 18.1 Å². The maximum atomic E-state index is 11.0. The summed E-state index contributed by atoms with van der Waals surface area (Å²) in [5.74, 6) is -2.50. The molecular weight excluding hydrogens is 318 g/mol. The van der Waals surface area contributed by atoms with Crippen LogP contribution in [-0.2, 0) is 19.1 Å². The highest BCUT2D eigenvalue weighted by Gasteiger charge is 2.22. The van der Waals surface area contributed by atoms with Crippen molar-refractivity contribution >= 4 is 30.5 Å². The van der Waals surface area contributed by atoms with Gasteiger partial charge in [0.2, 0.25) is 0 Å². The predicted octanol–water partition coefficient (Wildman–Crippen LogP) is 2.03. The first-order valence-corrected chi connectivity index (χ1v) is 6.26. The van der Waals surface area contributed by atoms with Gasteiger partial charge in [0, 0.05) is 0 Å². The molecule has 0 fully saturated rings. The van der Waals surface area contributed by atoms with Crippen LogP contribution in [0.3, 0.4) is 0 Å². The standard InChI is InChI=1S/C9H18O3.C4H7NO4.ClH/c1-8(2,3)11-7(10)12-9(4,5)6;5-2(4(8)9)1-3(6)7;/h1-6H3;2H,1,5H2,(H,6,7)(H,8,9);1H/t;2-;/m.0./s1. The monoisotopic (exact) mass is 343 g/mol. The lowest BCUT2D eigenvalue weighted by molar-refractivity contribution is -0.144. The van der Waals surface area contributed by atoms with Crippen LogP contribution in [0.1, 0.15) is 48.0 Å². The second-order valence-electron chi connectivity index (χ2n) is 6.22. The zero-order valence-corrected chi connectivity index (χ0v) is 14.5. The molecule has 0 aliphatic rings. The van der Waals surface area contributed by atoms with E-state index in [1.807, 2.05) is 0 Å². The van der Waals surface area contributed by atoms with Crippen molar-refractivity contribution in [1.29, 1.82) is 0 Å². The lowest BCUT2D eigenvalue weighted by Gasteiger charge is -2.24. The van der Waals surface area contributed by atoms with Gasteiger partial charge in [0.25, 0.3) is 0 Å². The molecule has 1 atom stereocenters. The molecule has 0 aliphatic carbocycles. The fourth-order valence-electron chi connectivity index (χ4n) is 0.796. The normalized spacial score (nSPS) is 12.0. The summed E-state index contributed by atoms with van der Waals surface area (Å²) in [6.45, 7) is 10.8. The number of nitrogens with two attached hydrogens (primary N) is 1. The third-order valence-electron chi connectivity index (χ3n) is 1.49. The van der Waals surface area contributed by atoms with Crippen molar-refractivity contribution < 1.29 is 34.1 Å². The van der Waals surface area contributed by atoms with Crippen LogP contribution in [0, 0.1) is 0 Å². The quantitative estimate of drug-likeness (QED) is 0.662. The van der Waals surface area contributed by atoms with Crippen molar-refractivity contribution in [1.82, 2.24) is 0 Å². The Bertz CT molecular complexity index is 354. The van der Waals surface area contributed by atoms with Gasteiger partial charge in [-0.3, -0.25) is 9.59 Å². The predicted molar refractivity (Wildman–Crippen MR) is 82.2 cm³/mol. The van der Waals surface area contributed by atoms with E-state index in [9.17, 15) is 14.4 Å². The Morgan fingerprint density at radius 2 is 1.27 bits per heavy atom. The number of carbonyl (C=O) groups is 3. The van der Waals surface area contributed by atoms with E-state index < -0.39 is 41.8 Å². The summed E-state index contributed by atoms with van der Waals surface area (Å²) in [4.78, 5) is 30.6. The van der Waals surface area contributed by atoms with Crippen LogP contribution in [0.2, 0.25) is 0 Å². The van der Waals surface area contributed by atoms with Crippen LogP contribution in [-0.4, -0.2) is 45.6 Å². The van der Waals surface area contributed by atoms with Crippen LogP contribution in [0.25, 0.3) is 0 Å². The highest BCUT2D eigenvalue weighted by Crippen LogP contribution is 2.13. The molecule has 132 valence electrons. The largest absolute Gasteiger partial charge is 0.509 e. The molecule has 0 unspecified atom stereocenters. The number of hydrogen-bond acceptors (Lipinski definition) is 6. The molecule has 4 N–H and O–H groups in total. The van der Waals surface area contributed by atoms with Crippen molar-refractivity contribution in [2.75, 3.05) is 0 Å². The molecular formula is C13H26ClNO7. The van der Waals surface area contributed by atoms with Crippen molar-refractivity contribution in [3.05, 3.63) is 0 Å². The SMILES string of the molecule is CC(C)(C)OC(=O)OC(C)(C)C.Cl.N[C@@H](CC(=O)O)C(=O)O. The number of carboxylic acids is 2. The summed E-state index contributed by atoms with van der Waals surface area (Å²) in [5.41, 5.74) is 3.87. The number of ether oxygens (including phenoxy) is 2. The summed E-state index contributed by atoms with van der Waals surface area (Å²) in [5, 5.41) is 16.0. The van der Waals surface area contributed by atoms with Gasteiger partial charge in [0.1, 0.15) is 17.2 Å². The Morgan fingerprint density at radius 1 is 0.955 bits per heavy atom. The molecule has 0 amide bonds. The lowest BCUT2D eigenvalue weighted by atomic mass is 10.2. The Balaban J connectivity index is -0.000000326. The Labute approximate surface area is 136 Å². The minimum absolute atomic E-state index is 0. The van der Waals surface area contributed by atoms with E-state index in [1.54, 1.807) is 41.5 Å². The molecule has 0 saturated heterocycles. The second-order valence-corrected chi connectivity index (χ2v) is 6.22. The van der Waals surface area contributed by atoms with E-state index in [4.69, 9.17) is 25.4 Å². The van der Waals surface area contributed by atoms with Gasteiger partial charge < -0.3 is 25.4 Å². The first-order chi connectivity index (χ1) is 9.14. The van der Waals surface area contributed by atoms with Gasteiger partial charge in [-0.2, -0.15) is 0 Å². The van der Waals surface area contributed by atoms with Crippen molar-refractivity contribution in [3.63, 3.8) is 0 Å². The molecule has 0 bridgehead atoms. The molecule has 0 aliphatic heterocycles. The molecule has 0 aromatic rings. The summed E-state index contributed by atoms with van der Waals surface area (Å²) in [7, 11) is 0. The smallest absolute Gasteiger partial charge is 0.481 e. The van der Waals surface area contributed by atoms with Gasteiger partial charge in [-0.05, 0) is 41.5 Å². The van der Waals surface area contributed by atoms with Crippen LogP contribution in [0.4, 0.5) is 4.79 Å². The van der Waals surface area contributed by atoms with Gasteiger partial charge in [-0.15, -0.1) is 12.4 Å². The molecule has 0 saturated carbocycles. The van der Waals surface area contributed by atoms with E-state index in [0.29, 0.717) is 0 Å². The number of halogens is 1. The topological polar surface area (TPSA) is 136 Å². The van der Waals surface area contributed by atoms with Gasteiger partial charge in [0.05, 0.1) is 6.42 Å². The molecule has 8 nitrogen and oxygen atoms in total. The Morgan fingerprint density at radius 3 is 1.41 bits per heavy atom. The molecule has 0 aromatic heterocycles. The fraction of sp³-hybridized carbons (Fsp3) is 0.769. The zero-order chi connectivity index (χ0) is 17.4. The third-order valence-corrected chi connectivity index (χ3v) is 1.49. The van der Waals surface area contributed by atoms with E-state index >= 15 is 0 Å². The van der Waals surface area contributed by atoms with Crippen molar-refractivity contribution in [2.45, 2.75) is 65.2 Å². The number of hydrogen-bond donors (Lipinski definition) is 3. The highest BCUT2D eigenvalue weighted by atomic mass is 35.5. The highest BCUT2D eigenvalue weighted by molar-refractivity contribution is 5.85. The molecule has 0 spiro atoms. The summed E-state index contributed by atoms with van der Waals surface area (Å²) in [6, 6.07) is -1.29. The van der Waals surface area contributed by atoms with Gasteiger partial charge in [-0.1, -0.05) is 0 Å². The van der Waals surface area contributed by atoms with Gasteiger partial charge in [-0.25, -0.2) is 4.79 Å². The first-order valence-electron chi connectivity index (χ1n) is 6.26. The summed E-state index contributed by atoms with van der Waals surface area (Å²) in [6.07, 6.45) is -1.15. The summed E-state index contributed by atoms with van der Waals surface area (Å²) < 4.78 is 9.91. The van der Waals surface area contributed by atoms with Crippen LogP contribution >= 0.6 is 12.4 Å². The van der Waals surface area contributed by atoms with E-state index in [0.717, 1.165) is 0 Å². The molecule has 0 radical (unpaired) electrons. The minimum atomic E-state index is -1.29. The van der Waals surface area contributed by atoms with Crippen molar-refractivity contribution in [2.24, 2.45) is 5.73 Å². The Kier molecular flexibility index (Phi) is 11.8. The summed E-state index contributed by atoms with van der Waals surface area (Å²) >= 11 is 0. The minimum Gasteiger partial charge on any atom is -0.481 e. The number of carboxylic acid groups (broad SMARTS) is 2. The molecule has 0 aromatic carbocycles. The van der Waals surface area contributed by atoms with E-state index in [2.05, 4.69) is 0 Å². The maximum absolute atomic E-state index is 11.0. The van der Waals surface area contributed by atoms with Crippen LogP contribution < -0.4 is 5.73 Å². The molecule has 9 heteroatoms. The lowest BCUT2D eigenvalue weighted by Crippen LogP contribution is -2.32. The first kappa shape index (κ1) is 25.4. The van der Waals surface area contributed by atoms with Crippen LogP contribution in [0.15, 0.2) is 0 Å². The van der Waals surface area contributed by atoms with Crippen LogP contribution in [0.5, 0.6) is 0 Å². The second kappa shape index (κ2) is 10.2. The third kappa shape index (κ3) is 20.8.